The Labute approximate surface area is 120 Å². The van der Waals surface area contributed by atoms with Gasteiger partial charge in [-0.3, -0.25) is 10.1 Å². The second-order valence-corrected chi connectivity index (χ2v) is 4.70. The van der Waals surface area contributed by atoms with Crippen LogP contribution >= 0.6 is 0 Å². The minimum atomic E-state index is -0.892. The van der Waals surface area contributed by atoms with Crippen molar-refractivity contribution in [1.29, 1.82) is 0 Å². The van der Waals surface area contributed by atoms with Gasteiger partial charge in [0.25, 0.3) is 5.69 Å². The summed E-state index contributed by atoms with van der Waals surface area (Å²) >= 11 is 0. The summed E-state index contributed by atoms with van der Waals surface area (Å²) in [5.74, 6) is -1.78. The van der Waals surface area contributed by atoms with Crippen molar-refractivity contribution in [2.75, 3.05) is 0 Å². The van der Waals surface area contributed by atoms with Gasteiger partial charge in [0, 0.05) is 24.7 Å². The molecule has 0 heterocycles. The van der Waals surface area contributed by atoms with Crippen molar-refractivity contribution in [2.45, 2.75) is 19.5 Å². The number of hydrogen-bond acceptors (Lipinski definition) is 3. The highest BCUT2D eigenvalue weighted by atomic mass is 19.2. The molecule has 2 aromatic rings. The highest BCUT2D eigenvalue weighted by molar-refractivity contribution is 5.34. The lowest BCUT2D eigenvalue weighted by molar-refractivity contribution is -0.384. The summed E-state index contributed by atoms with van der Waals surface area (Å²) in [6.45, 7) is 2.20. The van der Waals surface area contributed by atoms with Gasteiger partial charge >= 0.3 is 0 Å². The monoisotopic (exact) mass is 292 g/mol. The maximum Gasteiger partial charge on any atom is 0.269 e. The summed E-state index contributed by atoms with van der Waals surface area (Å²) in [5, 5.41) is 13.8. The number of nitrogens with one attached hydrogen (secondary N) is 1. The SMILES string of the molecule is CC(NCc1cccc([N+](=O)[O-])c1)c1ccc(F)c(F)c1. The average Bonchev–Trinajstić information content (AvgIpc) is 2.48. The van der Waals surface area contributed by atoms with Crippen molar-refractivity contribution in [3.8, 4) is 0 Å². The van der Waals surface area contributed by atoms with E-state index >= 15 is 0 Å². The molecule has 0 saturated carbocycles. The van der Waals surface area contributed by atoms with Gasteiger partial charge in [0.15, 0.2) is 11.6 Å². The quantitative estimate of drug-likeness (QED) is 0.675. The van der Waals surface area contributed by atoms with Crippen molar-refractivity contribution >= 4 is 5.69 Å². The first-order chi connectivity index (χ1) is 9.97. The number of benzene rings is 2. The number of non-ortho nitro benzene ring substituents is 1. The fourth-order valence-electron chi connectivity index (χ4n) is 1.95. The number of rotatable bonds is 5. The molecule has 21 heavy (non-hydrogen) atoms. The molecule has 2 aromatic carbocycles. The van der Waals surface area contributed by atoms with E-state index in [0.29, 0.717) is 12.1 Å². The first-order valence-electron chi connectivity index (χ1n) is 6.39. The van der Waals surface area contributed by atoms with E-state index < -0.39 is 16.6 Å². The van der Waals surface area contributed by atoms with E-state index in [1.807, 2.05) is 6.92 Å². The standard InChI is InChI=1S/C15H14F2N2O2/c1-10(12-5-6-14(16)15(17)8-12)18-9-11-3-2-4-13(7-11)19(20)21/h2-8,10,18H,9H2,1H3. The van der Waals surface area contributed by atoms with E-state index in [1.165, 1.54) is 18.2 Å². The number of hydrogen-bond donors (Lipinski definition) is 1. The van der Waals surface area contributed by atoms with Crippen molar-refractivity contribution in [3.05, 3.63) is 75.3 Å². The molecule has 1 unspecified atom stereocenters. The molecule has 0 aromatic heterocycles. The van der Waals surface area contributed by atoms with Crippen LogP contribution in [0.4, 0.5) is 14.5 Å². The molecule has 0 aliphatic rings. The molecule has 0 bridgehead atoms. The topological polar surface area (TPSA) is 55.2 Å². The third kappa shape index (κ3) is 3.82. The van der Waals surface area contributed by atoms with Crippen molar-refractivity contribution < 1.29 is 13.7 Å². The molecule has 6 heteroatoms. The average molecular weight is 292 g/mol. The Balaban J connectivity index is 2.03. The summed E-state index contributed by atoms with van der Waals surface area (Å²) in [6.07, 6.45) is 0. The van der Waals surface area contributed by atoms with E-state index in [0.717, 1.165) is 17.7 Å². The number of nitro groups is 1. The van der Waals surface area contributed by atoms with E-state index in [1.54, 1.807) is 12.1 Å². The highest BCUT2D eigenvalue weighted by Gasteiger charge is 2.10. The molecule has 1 N–H and O–H groups in total. The lowest BCUT2D eigenvalue weighted by Gasteiger charge is -2.14. The molecule has 4 nitrogen and oxygen atoms in total. The molecule has 0 saturated heterocycles. The molecule has 0 amide bonds. The van der Waals surface area contributed by atoms with Crippen molar-refractivity contribution in [1.82, 2.24) is 5.32 Å². The number of halogens is 2. The van der Waals surface area contributed by atoms with E-state index in [2.05, 4.69) is 5.32 Å². The minimum Gasteiger partial charge on any atom is -0.306 e. The van der Waals surface area contributed by atoms with Gasteiger partial charge in [0.05, 0.1) is 4.92 Å². The molecule has 1 atom stereocenters. The predicted molar refractivity (Wildman–Crippen MR) is 74.7 cm³/mol. The van der Waals surface area contributed by atoms with Crippen LogP contribution in [0.5, 0.6) is 0 Å². The minimum absolute atomic E-state index is 0.0229. The molecule has 0 aliphatic carbocycles. The molecular formula is C15H14F2N2O2. The van der Waals surface area contributed by atoms with Gasteiger partial charge < -0.3 is 5.32 Å². The molecular weight excluding hydrogens is 278 g/mol. The lowest BCUT2D eigenvalue weighted by atomic mass is 10.1. The molecule has 2 rings (SSSR count). The Morgan fingerprint density at radius 2 is 1.95 bits per heavy atom. The van der Waals surface area contributed by atoms with Gasteiger partial charge in [-0.25, -0.2) is 8.78 Å². The van der Waals surface area contributed by atoms with Crippen LogP contribution in [0.25, 0.3) is 0 Å². The van der Waals surface area contributed by atoms with Crippen LogP contribution in [0.3, 0.4) is 0 Å². The zero-order valence-corrected chi connectivity index (χ0v) is 11.3. The third-order valence-electron chi connectivity index (χ3n) is 3.18. The largest absolute Gasteiger partial charge is 0.306 e. The van der Waals surface area contributed by atoms with Crippen LogP contribution in [0.2, 0.25) is 0 Å². The normalized spacial score (nSPS) is 12.1. The highest BCUT2D eigenvalue weighted by Crippen LogP contribution is 2.18. The maximum atomic E-state index is 13.2. The van der Waals surface area contributed by atoms with Crippen LogP contribution in [0.15, 0.2) is 42.5 Å². The van der Waals surface area contributed by atoms with Crippen molar-refractivity contribution in [2.24, 2.45) is 0 Å². The second-order valence-electron chi connectivity index (χ2n) is 4.70. The van der Waals surface area contributed by atoms with Gasteiger partial charge in [-0.15, -0.1) is 0 Å². The number of nitrogens with zero attached hydrogens (tertiary/aromatic N) is 1. The fraction of sp³-hybridized carbons (Fsp3) is 0.200. The Morgan fingerprint density at radius 3 is 2.62 bits per heavy atom. The Kier molecular flexibility index (Phi) is 4.59. The lowest BCUT2D eigenvalue weighted by Crippen LogP contribution is -2.18. The summed E-state index contributed by atoms with van der Waals surface area (Å²) in [6, 6.07) is 9.78. The predicted octanol–water partition coefficient (Wildman–Crippen LogP) is 3.72. The van der Waals surface area contributed by atoms with Gasteiger partial charge in [0.1, 0.15) is 0 Å². The maximum absolute atomic E-state index is 13.2. The van der Waals surface area contributed by atoms with E-state index in [-0.39, 0.29) is 11.7 Å². The van der Waals surface area contributed by atoms with Gasteiger partial charge in [-0.05, 0) is 30.2 Å². The zero-order chi connectivity index (χ0) is 15.4. The van der Waals surface area contributed by atoms with Crippen LogP contribution in [-0.2, 0) is 6.54 Å². The molecule has 0 spiro atoms. The van der Waals surface area contributed by atoms with Gasteiger partial charge in [-0.1, -0.05) is 18.2 Å². The second kappa shape index (κ2) is 6.41. The smallest absolute Gasteiger partial charge is 0.269 e. The van der Waals surface area contributed by atoms with Gasteiger partial charge in [-0.2, -0.15) is 0 Å². The summed E-state index contributed by atoms with van der Waals surface area (Å²) in [7, 11) is 0. The van der Waals surface area contributed by atoms with Gasteiger partial charge in [0.2, 0.25) is 0 Å². The van der Waals surface area contributed by atoms with E-state index in [4.69, 9.17) is 0 Å². The Hall–Kier alpha value is -2.34. The molecule has 0 radical (unpaired) electrons. The third-order valence-corrected chi connectivity index (χ3v) is 3.18. The Morgan fingerprint density at radius 1 is 1.19 bits per heavy atom. The zero-order valence-electron chi connectivity index (χ0n) is 11.3. The molecule has 110 valence electrons. The van der Waals surface area contributed by atoms with Crippen LogP contribution in [-0.4, -0.2) is 4.92 Å². The summed E-state index contributed by atoms with van der Waals surface area (Å²) < 4.78 is 26.0. The first kappa shape index (κ1) is 15.1. The molecule has 0 fully saturated rings. The number of nitro benzene ring substituents is 1. The van der Waals surface area contributed by atoms with Crippen LogP contribution < -0.4 is 5.32 Å². The fourth-order valence-corrected chi connectivity index (χ4v) is 1.95. The summed E-state index contributed by atoms with van der Waals surface area (Å²) in [5.41, 5.74) is 1.38. The van der Waals surface area contributed by atoms with Crippen LogP contribution in [0, 0.1) is 21.7 Å². The molecule has 0 aliphatic heterocycles. The van der Waals surface area contributed by atoms with Crippen LogP contribution in [0.1, 0.15) is 24.1 Å². The Bertz CT molecular complexity index is 662. The summed E-state index contributed by atoms with van der Waals surface area (Å²) in [4.78, 5) is 10.2. The first-order valence-corrected chi connectivity index (χ1v) is 6.39. The van der Waals surface area contributed by atoms with Crippen molar-refractivity contribution in [3.63, 3.8) is 0 Å². The van der Waals surface area contributed by atoms with E-state index in [9.17, 15) is 18.9 Å².